The quantitative estimate of drug-likeness (QED) is 0.395. The van der Waals surface area contributed by atoms with Gasteiger partial charge in [0.05, 0.1) is 5.69 Å². The molecule has 3 nitrogen and oxygen atoms in total. The van der Waals surface area contributed by atoms with Crippen molar-refractivity contribution in [3.8, 4) is 5.75 Å². The fraction of sp³-hybridized carbons (Fsp3) is 0.125. The average molecular weight is 309 g/mol. The van der Waals surface area contributed by atoms with Crippen LogP contribution < -0.4 is 10.5 Å². The molecule has 0 fully saturated rings. The van der Waals surface area contributed by atoms with Crippen LogP contribution in [0.2, 0.25) is 0 Å². The Bertz CT molecular complexity index is 315. The van der Waals surface area contributed by atoms with Crippen molar-refractivity contribution in [2.24, 2.45) is 0 Å². The second-order valence-electron chi connectivity index (χ2n) is 2.26. The van der Waals surface area contributed by atoms with Gasteiger partial charge in [-0.3, -0.25) is 0 Å². The number of benzene rings is 1. The Balaban J connectivity index is 2.75. The Hall–Kier alpha value is -0.550. The zero-order chi connectivity index (χ0) is 9.84. The lowest BCUT2D eigenvalue weighted by molar-refractivity contribution is -0.131. The molecule has 0 unspecified atom stereocenters. The van der Waals surface area contributed by atoms with Crippen LogP contribution in [0.15, 0.2) is 24.3 Å². The summed E-state index contributed by atoms with van der Waals surface area (Å²) in [5.41, 5.74) is 6.00. The van der Waals surface area contributed by atoms with Crippen LogP contribution >= 0.6 is 31.9 Å². The normalized spacial score (nSPS) is 10.1. The number of alkyl halides is 2. The largest absolute Gasteiger partial charge is 0.423 e. The number of carbonyl (C=O) groups is 1. The predicted molar refractivity (Wildman–Crippen MR) is 58.1 cm³/mol. The molecule has 2 N–H and O–H groups in total. The van der Waals surface area contributed by atoms with Crippen molar-refractivity contribution in [1.82, 2.24) is 0 Å². The molecule has 5 heteroatoms. The van der Waals surface area contributed by atoms with Gasteiger partial charge in [-0.25, -0.2) is 4.79 Å². The van der Waals surface area contributed by atoms with E-state index < -0.39 is 9.71 Å². The van der Waals surface area contributed by atoms with E-state index in [1.165, 1.54) is 0 Å². The highest BCUT2D eigenvalue weighted by Gasteiger charge is 2.13. The molecule has 0 aromatic heterocycles. The van der Waals surface area contributed by atoms with Gasteiger partial charge in [-0.05, 0) is 12.1 Å². The summed E-state index contributed by atoms with van der Waals surface area (Å²) >= 11 is 6.05. The monoisotopic (exact) mass is 307 g/mol. The molecule has 0 heterocycles. The second kappa shape index (κ2) is 4.62. The van der Waals surface area contributed by atoms with Crippen molar-refractivity contribution in [3.05, 3.63) is 24.3 Å². The maximum atomic E-state index is 11.1. The molecule has 70 valence electrons. The van der Waals surface area contributed by atoms with Crippen molar-refractivity contribution < 1.29 is 9.53 Å². The highest BCUT2D eigenvalue weighted by Crippen LogP contribution is 2.22. The van der Waals surface area contributed by atoms with Gasteiger partial charge in [-0.2, -0.15) is 0 Å². The summed E-state index contributed by atoms with van der Waals surface area (Å²) in [4.78, 5) is 11.1. The Morgan fingerprint density at radius 3 is 2.54 bits per heavy atom. The van der Waals surface area contributed by atoms with Crippen LogP contribution in [-0.4, -0.2) is 9.71 Å². The number of anilines is 1. The highest BCUT2D eigenvalue weighted by atomic mass is 79.9. The van der Waals surface area contributed by atoms with Crippen LogP contribution in [0.3, 0.4) is 0 Å². The van der Waals surface area contributed by atoms with Crippen LogP contribution in [0.4, 0.5) is 5.69 Å². The molecule has 0 aliphatic heterocycles. The van der Waals surface area contributed by atoms with Gasteiger partial charge in [0.15, 0.2) is 9.49 Å². The number of para-hydroxylation sites is 2. The lowest BCUT2D eigenvalue weighted by Crippen LogP contribution is -2.15. The van der Waals surface area contributed by atoms with E-state index in [4.69, 9.17) is 10.5 Å². The molecule has 13 heavy (non-hydrogen) atoms. The zero-order valence-corrected chi connectivity index (χ0v) is 9.71. The van der Waals surface area contributed by atoms with E-state index in [1.807, 2.05) is 0 Å². The summed E-state index contributed by atoms with van der Waals surface area (Å²) in [6.45, 7) is 0. The molecular weight excluding hydrogens is 302 g/mol. The first-order valence-electron chi connectivity index (χ1n) is 3.45. The smallest absolute Gasteiger partial charge is 0.336 e. The van der Waals surface area contributed by atoms with E-state index in [2.05, 4.69) is 31.9 Å². The number of rotatable bonds is 2. The van der Waals surface area contributed by atoms with Gasteiger partial charge < -0.3 is 10.5 Å². The van der Waals surface area contributed by atoms with E-state index in [-0.39, 0.29) is 0 Å². The second-order valence-corrected chi connectivity index (χ2v) is 5.32. The average Bonchev–Trinajstić information content (AvgIpc) is 2.08. The first kappa shape index (κ1) is 10.5. The molecular formula is C8H7Br2NO2. The summed E-state index contributed by atoms with van der Waals surface area (Å²) in [5.74, 6) is -0.0608. The fourth-order valence-corrected chi connectivity index (χ4v) is 0.913. The predicted octanol–water partition coefficient (Wildman–Crippen LogP) is 2.29. The molecule has 0 saturated heterocycles. The standard InChI is InChI=1S/C8H7Br2NO2/c9-7(10)8(12)13-6-4-2-1-3-5(6)11/h1-4,7H,11H2. The number of ether oxygens (including phenoxy) is 1. The molecule has 0 bridgehead atoms. The molecule has 0 aliphatic carbocycles. The zero-order valence-electron chi connectivity index (χ0n) is 6.54. The SMILES string of the molecule is Nc1ccccc1OC(=O)C(Br)Br. The van der Waals surface area contributed by atoms with Gasteiger partial charge in [-0.15, -0.1) is 0 Å². The number of nitrogen functional groups attached to an aromatic ring is 1. The van der Waals surface area contributed by atoms with Gasteiger partial charge in [-0.1, -0.05) is 44.0 Å². The number of halogens is 2. The minimum atomic E-state index is -0.514. The Morgan fingerprint density at radius 2 is 2.00 bits per heavy atom. The summed E-state index contributed by atoms with van der Waals surface area (Å²) < 4.78 is 4.43. The number of esters is 1. The molecule has 0 spiro atoms. The maximum Gasteiger partial charge on any atom is 0.336 e. The minimum absolute atomic E-state index is 0.372. The van der Waals surface area contributed by atoms with Crippen molar-refractivity contribution in [1.29, 1.82) is 0 Å². The van der Waals surface area contributed by atoms with Gasteiger partial charge in [0.1, 0.15) is 0 Å². The van der Waals surface area contributed by atoms with E-state index in [0.717, 1.165) is 0 Å². The maximum absolute atomic E-state index is 11.1. The lowest BCUT2D eigenvalue weighted by Gasteiger charge is -2.06. The van der Waals surface area contributed by atoms with Crippen LogP contribution in [0.1, 0.15) is 0 Å². The Kier molecular flexibility index (Phi) is 3.74. The molecule has 1 rings (SSSR count). The minimum Gasteiger partial charge on any atom is -0.423 e. The van der Waals surface area contributed by atoms with Crippen LogP contribution in [0.5, 0.6) is 5.75 Å². The molecule has 0 atom stereocenters. The van der Waals surface area contributed by atoms with E-state index in [0.29, 0.717) is 11.4 Å². The van der Waals surface area contributed by atoms with Crippen LogP contribution in [0, 0.1) is 0 Å². The molecule has 0 amide bonds. The third-order valence-corrected chi connectivity index (χ3v) is 2.06. The lowest BCUT2D eigenvalue weighted by atomic mass is 10.3. The Morgan fingerprint density at radius 1 is 1.38 bits per heavy atom. The van der Waals surface area contributed by atoms with Crippen LogP contribution in [-0.2, 0) is 4.79 Å². The van der Waals surface area contributed by atoms with Gasteiger partial charge >= 0.3 is 5.97 Å². The summed E-state index contributed by atoms with van der Waals surface area (Å²) in [5, 5.41) is 0. The van der Waals surface area contributed by atoms with Crippen molar-refractivity contribution in [3.63, 3.8) is 0 Å². The van der Waals surface area contributed by atoms with Gasteiger partial charge in [0.2, 0.25) is 0 Å². The van der Waals surface area contributed by atoms with Gasteiger partial charge in [0.25, 0.3) is 0 Å². The summed E-state index contributed by atoms with van der Waals surface area (Å²) in [7, 11) is 0. The molecule has 1 aromatic carbocycles. The summed E-state index contributed by atoms with van der Waals surface area (Å²) in [6, 6.07) is 6.82. The van der Waals surface area contributed by atoms with E-state index in [1.54, 1.807) is 24.3 Å². The van der Waals surface area contributed by atoms with Gasteiger partial charge in [0, 0.05) is 0 Å². The third kappa shape index (κ3) is 3.00. The first-order valence-corrected chi connectivity index (χ1v) is 5.28. The van der Waals surface area contributed by atoms with E-state index in [9.17, 15) is 4.79 Å². The molecule has 0 saturated carbocycles. The highest BCUT2D eigenvalue weighted by molar-refractivity contribution is 9.25. The Labute approximate surface area is 92.5 Å². The number of carbonyl (C=O) groups excluding carboxylic acids is 1. The topological polar surface area (TPSA) is 52.3 Å². The molecule has 1 aromatic rings. The fourth-order valence-electron chi connectivity index (χ4n) is 0.726. The third-order valence-electron chi connectivity index (χ3n) is 1.31. The van der Waals surface area contributed by atoms with Crippen LogP contribution in [0.25, 0.3) is 0 Å². The summed E-state index contributed by atoms with van der Waals surface area (Å²) in [6.07, 6.45) is 0. The molecule has 0 radical (unpaired) electrons. The number of hydrogen-bond donors (Lipinski definition) is 1. The van der Waals surface area contributed by atoms with Crippen molar-refractivity contribution >= 4 is 43.5 Å². The number of nitrogens with two attached hydrogens (primary N) is 1. The molecule has 0 aliphatic rings. The van der Waals surface area contributed by atoms with Crippen molar-refractivity contribution in [2.45, 2.75) is 3.74 Å². The first-order chi connectivity index (χ1) is 6.11. The van der Waals surface area contributed by atoms with E-state index >= 15 is 0 Å². The number of hydrogen-bond acceptors (Lipinski definition) is 3. The van der Waals surface area contributed by atoms with Crippen molar-refractivity contribution in [2.75, 3.05) is 5.73 Å².